The van der Waals surface area contributed by atoms with E-state index in [2.05, 4.69) is 40.2 Å². The Hall–Kier alpha value is -3.16. The molecule has 8 heteroatoms. The second-order valence-electron chi connectivity index (χ2n) is 7.79. The zero-order valence-electron chi connectivity index (χ0n) is 17.4. The number of aromatic nitrogens is 1. The van der Waals surface area contributed by atoms with Gasteiger partial charge in [0, 0.05) is 23.7 Å². The van der Waals surface area contributed by atoms with Crippen LogP contribution in [0.15, 0.2) is 54.7 Å². The molecule has 168 valence electrons. The quantitative estimate of drug-likeness (QED) is 0.504. The molecule has 1 aliphatic heterocycles. The van der Waals surface area contributed by atoms with Gasteiger partial charge in [0.15, 0.2) is 0 Å². The molecule has 7 nitrogen and oxygen atoms in total. The van der Waals surface area contributed by atoms with E-state index in [1.807, 2.05) is 18.2 Å². The molecule has 1 aliphatic rings. The van der Waals surface area contributed by atoms with E-state index in [9.17, 15) is 5.11 Å². The van der Waals surface area contributed by atoms with Crippen LogP contribution in [0.25, 0.3) is 10.9 Å². The van der Waals surface area contributed by atoms with Crippen molar-refractivity contribution in [2.24, 2.45) is 5.92 Å². The molecule has 0 amide bonds. The lowest BCUT2D eigenvalue weighted by Gasteiger charge is -2.32. The number of phenols is 1. The highest BCUT2D eigenvalue weighted by Crippen LogP contribution is 2.34. The molecule has 0 atom stereocenters. The summed E-state index contributed by atoms with van der Waals surface area (Å²) >= 11 is 6.40. The molecule has 0 radical (unpaired) electrons. The molecule has 1 fully saturated rings. The molecule has 2 aromatic carbocycles. The van der Waals surface area contributed by atoms with E-state index < -0.39 is 11.9 Å². The van der Waals surface area contributed by atoms with Crippen LogP contribution in [0.5, 0.6) is 5.75 Å². The summed E-state index contributed by atoms with van der Waals surface area (Å²) < 4.78 is 0. The lowest BCUT2D eigenvalue weighted by Crippen LogP contribution is -2.33. The lowest BCUT2D eigenvalue weighted by molar-refractivity contribution is -0.159. The SMILES string of the molecule is O=C(O)C(=O)O.Oc1c(CN2CCC(Cc3ccccc3)CC2)cc(Cl)c2cccnc12. The predicted octanol–water partition coefficient (Wildman–Crippen LogP) is 4.20. The van der Waals surface area contributed by atoms with Gasteiger partial charge in [-0.25, -0.2) is 9.59 Å². The molecule has 0 saturated carbocycles. The number of carboxylic acids is 2. The van der Waals surface area contributed by atoms with E-state index in [1.165, 1.54) is 18.4 Å². The van der Waals surface area contributed by atoms with Gasteiger partial charge in [-0.15, -0.1) is 0 Å². The predicted molar refractivity (Wildman–Crippen MR) is 122 cm³/mol. The molecule has 2 heterocycles. The Labute approximate surface area is 190 Å². The van der Waals surface area contributed by atoms with Gasteiger partial charge in [0.05, 0.1) is 5.02 Å². The van der Waals surface area contributed by atoms with Gasteiger partial charge in [-0.05, 0) is 62.0 Å². The number of nitrogens with zero attached hydrogens (tertiary/aromatic N) is 2. The van der Waals surface area contributed by atoms with Crippen molar-refractivity contribution in [1.82, 2.24) is 9.88 Å². The maximum atomic E-state index is 10.6. The first kappa shape index (κ1) is 23.5. The number of aliphatic carboxylic acids is 2. The van der Waals surface area contributed by atoms with Gasteiger partial charge in [0.2, 0.25) is 0 Å². The van der Waals surface area contributed by atoms with Gasteiger partial charge in [-0.2, -0.15) is 0 Å². The van der Waals surface area contributed by atoms with E-state index in [0.717, 1.165) is 42.9 Å². The molecule has 1 aromatic heterocycles. The van der Waals surface area contributed by atoms with Crippen LogP contribution in [0.4, 0.5) is 0 Å². The Morgan fingerprint density at radius 3 is 2.31 bits per heavy atom. The maximum Gasteiger partial charge on any atom is 0.414 e. The Morgan fingerprint density at radius 1 is 1.03 bits per heavy atom. The fourth-order valence-corrected chi connectivity index (χ4v) is 4.18. The highest BCUT2D eigenvalue weighted by molar-refractivity contribution is 6.35. The van der Waals surface area contributed by atoms with Crippen LogP contribution in [0.1, 0.15) is 24.0 Å². The number of hydrogen-bond donors (Lipinski definition) is 3. The molecular weight excluding hydrogens is 432 g/mol. The summed E-state index contributed by atoms with van der Waals surface area (Å²) in [5.74, 6) is -2.65. The molecule has 32 heavy (non-hydrogen) atoms. The first-order valence-corrected chi connectivity index (χ1v) is 10.7. The minimum absolute atomic E-state index is 0.261. The van der Waals surface area contributed by atoms with Crippen molar-refractivity contribution < 1.29 is 24.9 Å². The molecule has 3 N–H and O–H groups in total. The number of halogens is 1. The number of fused-ring (bicyclic) bond motifs is 1. The van der Waals surface area contributed by atoms with Crippen LogP contribution in [0.3, 0.4) is 0 Å². The zero-order chi connectivity index (χ0) is 23.1. The van der Waals surface area contributed by atoms with Crippen molar-refractivity contribution in [3.63, 3.8) is 0 Å². The van der Waals surface area contributed by atoms with Gasteiger partial charge in [-0.1, -0.05) is 41.9 Å². The average molecular weight is 457 g/mol. The smallest absolute Gasteiger partial charge is 0.414 e. The molecule has 3 aromatic rings. The number of hydrogen-bond acceptors (Lipinski definition) is 5. The zero-order valence-corrected chi connectivity index (χ0v) is 18.2. The highest BCUT2D eigenvalue weighted by Gasteiger charge is 2.21. The van der Waals surface area contributed by atoms with E-state index in [1.54, 1.807) is 6.20 Å². The van der Waals surface area contributed by atoms with Crippen molar-refractivity contribution in [3.8, 4) is 5.75 Å². The minimum Gasteiger partial charge on any atom is -0.505 e. The minimum atomic E-state index is -1.82. The average Bonchev–Trinajstić information content (AvgIpc) is 2.80. The second-order valence-corrected chi connectivity index (χ2v) is 8.19. The van der Waals surface area contributed by atoms with Crippen molar-refractivity contribution in [3.05, 3.63) is 70.9 Å². The number of piperidine rings is 1. The number of rotatable bonds is 4. The number of benzene rings is 2. The van der Waals surface area contributed by atoms with Crippen molar-refractivity contribution in [2.75, 3.05) is 13.1 Å². The van der Waals surface area contributed by atoms with Crippen LogP contribution in [0, 0.1) is 5.92 Å². The molecular formula is C24H25ClN2O5. The first-order chi connectivity index (χ1) is 15.3. The van der Waals surface area contributed by atoms with Crippen LogP contribution >= 0.6 is 11.6 Å². The third-order valence-corrected chi connectivity index (χ3v) is 5.86. The van der Waals surface area contributed by atoms with Gasteiger partial charge >= 0.3 is 11.9 Å². The number of likely N-dealkylation sites (tertiary alicyclic amines) is 1. The lowest BCUT2D eigenvalue weighted by atomic mass is 9.90. The van der Waals surface area contributed by atoms with Gasteiger partial charge in [0.1, 0.15) is 11.3 Å². The van der Waals surface area contributed by atoms with Crippen LogP contribution in [-0.4, -0.2) is 50.2 Å². The third-order valence-electron chi connectivity index (χ3n) is 5.55. The summed E-state index contributed by atoms with van der Waals surface area (Å²) in [4.78, 5) is 24.9. The summed E-state index contributed by atoms with van der Waals surface area (Å²) in [6, 6.07) is 16.4. The Kier molecular flexibility index (Phi) is 8.03. The summed E-state index contributed by atoms with van der Waals surface area (Å²) in [6.07, 6.45) is 5.23. The Bertz CT molecular complexity index is 1070. The largest absolute Gasteiger partial charge is 0.505 e. The topological polar surface area (TPSA) is 111 Å². The first-order valence-electron chi connectivity index (χ1n) is 10.3. The number of phenolic OH excluding ortho intramolecular Hbond substituents is 1. The van der Waals surface area contributed by atoms with Crippen LogP contribution in [-0.2, 0) is 22.6 Å². The van der Waals surface area contributed by atoms with Gasteiger partial charge in [0.25, 0.3) is 0 Å². The van der Waals surface area contributed by atoms with Crippen LogP contribution in [0.2, 0.25) is 5.02 Å². The summed E-state index contributed by atoms with van der Waals surface area (Å²) in [5, 5.41) is 26.8. The molecule has 0 spiro atoms. The Morgan fingerprint density at radius 2 is 1.69 bits per heavy atom. The fourth-order valence-electron chi connectivity index (χ4n) is 3.90. The Balaban J connectivity index is 0.000000427. The summed E-state index contributed by atoms with van der Waals surface area (Å²) in [6.45, 7) is 2.82. The molecule has 0 unspecified atom stereocenters. The molecule has 1 saturated heterocycles. The fraction of sp³-hybridized carbons (Fsp3) is 0.292. The normalized spacial score (nSPS) is 14.5. The van der Waals surface area contributed by atoms with E-state index >= 15 is 0 Å². The molecule has 0 aliphatic carbocycles. The number of pyridine rings is 1. The molecule has 0 bridgehead atoms. The van der Waals surface area contributed by atoms with E-state index in [-0.39, 0.29) is 5.75 Å². The summed E-state index contributed by atoms with van der Waals surface area (Å²) in [5.41, 5.74) is 2.88. The van der Waals surface area contributed by atoms with Gasteiger partial charge in [-0.3, -0.25) is 9.88 Å². The standard InChI is InChI=1S/C22H23ClN2O.C2H2O4/c23-20-14-18(22(26)21-19(20)7-4-10-24-21)15-25-11-8-17(9-12-25)13-16-5-2-1-3-6-16;3-1(4)2(5)6/h1-7,10,14,17,26H,8-9,11-13,15H2;(H,3,4)(H,5,6). The van der Waals surface area contributed by atoms with Crippen LogP contribution < -0.4 is 0 Å². The molecule has 4 rings (SSSR count). The van der Waals surface area contributed by atoms with Gasteiger partial charge < -0.3 is 15.3 Å². The number of aromatic hydroxyl groups is 1. The highest BCUT2D eigenvalue weighted by atomic mass is 35.5. The van der Waals surface area contributed by atoms with E-state index in [0.29, 0.717) is 10.5 Å². The monoisotopic (exact) mass is 456 g/mol. The van der Waals surface area contributed by atoms with Crippen molar-refractivity contribution in [1.29, 1.82) is 0 Å². The second kappa shape index (κ2) is 10.9. The van der Waals surface area contributed by atoms with Crippen molar-refractivity contribution in [2.45, 2.75) is 25.8 Å². The maximum absolute atomic E-state index is 10.6. The number of carbonyl (C=O) groups is 2. The van der Waals surface area contributed by atoms with E-state index in [4.69, 9.17) is 31.4 Å². The third kappa shape index (κ3) is 6.18. The summed E-state index contributed by atoms with van der Waals surface area (Å²) in [7, 11) is 0. The number of carboxylic acid groups (broad SMARTS) is 2. The van der Waals surface area contributed by atoms with Crippen molar-refractivity contribution >= 4 is 34.4 Å².